The smallest absolute Gasteiger partial charge is 0.227 e. The summed E-state index contributed by atoms with van der Waals surface area (Å²) in [5.74, 6) is -0.628. The van der Waals surface area contributed by atoms with E-state index in [1.807, 2.05) is 4.90 Å². The number of nitrogens with zero attached hydrogens (tertiary/aromatic N) is 1. The quantitative estimate of drug-likeness (QED) is 0.893. The molecule has 0 radical (unpaired) electrons. The van der Waals surface area contributed by atoms with Crippen LogP contribution in [0.3, 0.4) is 0 Å². The Kier molecular flexibility index (Phi) is 4.82. The van der Waals surface area contributed by atoms with Gasteiger partial charge in [0.2, 0.25) is 5.91 Å². The van der Waals surface area contributed by atoms with Gasteiger partial charge in [-0.2, -0.15) is 0 Å². The van der Waals surface area contributed by atoms with Crippen LogP contribution < -0.4 is 10.2 Å². The fourth-order valence-electron chi connectivity index (χ4n) is 3.36. The summed E-state index contributed by atoms with van der Waals surface area (Å²) in [6, 6.07) is 4.71. The number of anilines is 2. The largest absolute Gasteiger partial charge is 0.389 e. The van der Waals surface area contributed by atoms with Gasteiger partial charge in [0.25, 0.3) is 0 Å². The zero-order valence-electron chi connectivity index (χ0n) is 13.2. The first-order valence-corrected chi connectivity index (χ1v) is 8.20. The Labute approximate surface area is 135 Å². The van der Waals surface area contributed by atoms with Crippen LogP contribution in [0, 0.1) is 5.82 Å². The Morgan fingerprint density at radius 1 is 1.30 bits per heavy atom. The number of carbonyl (C=O) groups excluding carboxylic acids is 1. The third-order valence-electron chi connectivity index (χ3n) is 4.61. The van der Waals surface area contributed by atoms with Crippen LogP contribution in [0.5, 0.6) is 0 Å². The summed E-state index contributed by atoms with van der Waals surface area (Å²) < 4.78 is 19.5. The molecule has 23 heavy (non-hydrogen) atoms. The second kappa shape index (κ2) is 6.84. The monoisotopic (exact) mass is 322 g/mol. The van der Waals surface area contributed by atoms with E-state index < -0.39 is 5.60 Å². The Hall–Kier alpha value is -1.66. The zero-order chi connectivity index (χ0) is 16.3. The predicted octanol–water partition coefficient (Wildman–Crippen LogP) is 2.30. The van der Waals surface area contributed by atoms with E-state index in [1.54, 1.807) is 12.1 Å². The number of morpholine rings is 1. The minimum atomic E-state index is -0.892. The zero-order valence-corrected chi connectivity index (χ0v) is 13.2. The van der Waals surface area contributed by atoms with Crippen LogP contribution in [0.1, 0.15) is 32.1 Å². The predicted molar refractivity (Wildman–Crippen MR) is 86.1 cm³/mol. The van der Waals surface area contributed by atoms with Gasteiger partial charge in [-0.05, 0) is 31.0 Å². The summed E-state index contributed by atoms with van der Waals surface area (Å²) in [7, 11) is 0. The third-order valence-corrected chi connectivity index (χ3v) is 4.61. The normalized spacial score (nSPS) is 20.5. The molecule has 1 aromatic rings. The lowest BCUT2D eigenvalue weighted by Crippen LogP contribution is -2.36. The maximum atomic E-state index is 14.3. The molecule has 6 heteroatoms. The minimum Gasteiger partial charge on any atom is -0.389 e. The van der Waals surface area contributed by atoms with Gasteiger partial charge in [-0.3, -0.25) is 4.79 Å². The molecule has 1 aliphatic carbocycles. The van der Waals surface area contributed by atoms with Crippen molar-refractivity contribution >= 4 is 17.3 Å². The van der Waals surface area contributed by atoms with Gasteiger partial charge in [0.15, 0.2) is 0 Å². The summed E-state index contributed by atoms with van der Waals surface area (Å²) >= 11 is 0. The molecule has 0 unspecified atom stereocenters. The molecule has 2 N–H and O–H groups in total. The average molecular weight is 322 g/mol. The molecule has 1 saturated carbocycles. The van der Waals surface area contributed by atoms with Gasteiger partial charge in [0.05, 0.1) is 30.9 Å². The molecule has 1 saturated heterocycles. The Balaban J connectivity index is 1.62. The molecule has 0 atom stereocenters. The van der Waals surface area contributed by atoms with Crippen LogP contribution in [0.15, 0.2) is 18.2 Å². The second-order valence-electron chi connectivity index (χ2n) is 6.42. The van der Waals surface area contributed by atoms with E-state index in [1.165, 1.54) is 6.07 Å². The highest BCUT2D eigenvalue weighted by molar-refractivity contribution is 5.91. The van der Waals surface area contributed by atoms with Gasteiger partial charge in [-0.25, -0.2) is 4.39 Å². The Morgan fingerprint density at radius 2 is 2.00 bits per heavy atom. The number of aliphatic hydroxyl groups is 1. The number of rotatable bonds is 4. The van der Waals surface area contributed by atoms with Crippen molar-refractivity contribution in [3.63, 3.8) is 0 Å². The highest BCUT2D eigenvalue weighted by Crippen LogP contribution is 2.32. The van der Waals surface area contributed by atoms with Gasteiger partial charge in [-0.15, -0.1) is 0 Å². The van der Waals surface area contributed by atoms with Crippen molar-refractivity contribution in [2.45, 2.75) is 37.7 Å². The van der Waals surface area contributed by atoms with E-state index >= 15 is 0 Å². The van der Waals surface area contributed by atoms with Crippen LogP contribution in [-0.2, 0) is 9.53 Å². The molecule has 1 aliphatic heterocycles. The van der Waals surface area contributed by atoms with Crippen LogP contribution in [0.2, 0.25) is 0 Å². The topological polar surface area (TPSA) is 61.8 Å². The molecule has 1 heterocycles. The van der Waals surface area contributed by atoms with Crippen molar-refractivity contribution in [2.75, 3.05) is 36.5 Å². The molecule has 0 spiro atoms. The van der Waals surface area contributed by atoms with Crippen molar-refractivity contribution in [3.8, 4) is 0 Å². The van der Waals surface area contributed by atoms with Crippen molar-refractivity contribution in [3.05, 3.63) is 24.0 Å². The summed E-state index contributed by atoms with van der Waals surface area (Å²) in [4.78, 5) is 14.0. The number of ether oxygens (including phenoxy) is 1. The highest BCUT2D eigenvalue weighted by atomic mass is 19.1. The van der Waals surface area contributed by atoms with E-state index in [4.69, 9.17) is 4.74 Å². The summed E-state index contributed by atoms with van der Waals surface area (Å²) in [5, 5.41) is 12.9. The van der Waals surface area contributed by atoms with E-state index in [-0.39, 0.29) is 18.1 Å². The first-order chi connectivity index (χ1) is 11.1. The molecule has 126 valence electrons. The van der Waals surface area contributed by atoms with Crippen LogP contribution in [0.4, 0.5) is 15.8 Å². The van der Waals surface area contributed by atoms with Crippen LogP contribution in [-0.4, -0.2) is 42.9 Å². The lowest BCUT2D eigenvalue weighted by Gasteiger charge is -2.29. The summed E-state index contributed by atoms with van der Waals surface area (Å²) in [5.41, 5.74) is 0.0583. The summed E-state index contributed by atoms with van der Waals surface area (Å²) in [6.45, 7) is 2.51. The second-order valence-corrected chi connectivity index (χ2v) is 6.42. The minimum absolute atomic E-state index is 0.0693. The first-order valence-electron chi connectivity index (χ1n) is 8.20. The first kappa shape index (κ1) is 16.2. The van der Waals surface area contributed by atoms with Crippen LogP contribution >= 0.6 is 0 Å². The third kappa shape index (κ3) is 4.00. The van der Waals surface area contributed by atoms with Crippen molar-refractivity contribution in [1.82, 2.24) is 0 Å². The van der Waals surface area contributed by atoms with Gasteiger partial charge in [0, 0.05) is 18.8 Å². The molecule has 1 amide bonds. The van der Waals surface area contributed by atoms with E-state index in [9.17, 15) is 14.3 Å². The molecule has 2 fully saturated rings. The maximum absolute atomic E-state index is 14.3. The van der Waals surface area contributed by atoms with Crippen LogP contribution in [0.25, 0.3) is 0 Å². The average Bonchev–Trinajstić information content (AvgIpc) is 2.94. The maximum Gasteiger partial charge on any atom is 0.227 e. The fraction of sp³-hybridized carbons (Fsp3) is 0.588. The molecule has 0 bridgehead atoms. The molecule has 5 nitrogen and oxygen atoms in total. The van der Waals surface area contributed by atoms with Gasteiger partial charge in [-0.1, -0.05) is 12.8 Å². The Morgan fingerprint density at radius 3 is 2.65 bits per heavy atom. The standard InChI is InChI=1S/C17H23FN2O3/c18-14-11-13(3-4-15(14)20-7-9-23-10-8-20)19-16(21)12-17(22)5-1-2-6-17/h3-4,11,22H,1-2,5-10,12H2,(H,19,21). The molecule has 1 aromatic carbocycles. The van der Waals surface area contributed by atoms with Crippen molar-refractivity contribution in [2.24, 2.45) is 0 Å². The molecular weight excluding hydrogens is 299 g/mol. The van der Waals surface area contributed by atoms with Gasteiger partial charge >= 0.3 is 0 Å². The van der Waals surface area contributed by atoms with E-state index in [2.05, 4.69) is 5.32 Å². The highest BCUT2D eigenvalue weighted by Gasteiger charge is 2.33. The number of carbonyl (C=O) groups is 1. The number of hydrogen-bond donors (Lipinski definition) is 2. The van der Waals surface area contributed by atoms with Gasteiger partial charge < -0.3 is 20.1 Å². The van der Waals surface area contributed by atoms with E-state index in [0.717, 1.165) is 12.8 Å². The molecule has 2 aliphatic rings. The number of amides is 1. The number of halogens is 1. The van der Waals surface area contributed by atoms with Crippen molar-refractivity contribution in [1.29, 1.82) is 0 Å². The lowest BCUT2D eigenvalue weighted by molar-refractivity contribution is -0.120. The number of hydrogen-bond acceptors (Lipinski definition) is 4. The summed E-state index contributed by atoms with van der Waals surface area (Å²) in [6.07, 6.45) is 3.29. The van der Waals surface area contributed by atoms with Crippen molar-refractivity contribution < 1.29 is 19.0 Å². The van der Waals surface area contributed by atoms with Gasteiger partial charge in [0.1, 0.15) is 5.82 Å². The Bertz CT molecular complexity index is 567. The van der Waals surface area contributed by atoms with E-state index in [0.29, 0.717) is 50.5 Å². The molecule has 3 rings (SSSR count). The SMILES string of the molecule is O=C(CC1(O)CCCC1)Nc1ccc(N2CCOCC2)c(F)c1. The fourth-order valence-corrected chi connectivity index (χ4v) is 3.36. The number of nitrogens with one attached hydrogen (secondary N) is 1. The number of benzene rings is 1. The molecular formula is C17H23FN2O3. The lowest BCUT2D eigenvalue weighted by atomic mass is 9.97. The molecule has 0 aromatic heterocycles.